The largest absolute Gasteiger partial charge is 0.368 e. The Morgan fingerprint density at radius 2 is 2.15 bits per heavy atom. The minimum atomic E-state index is -0.291. The van der Waals surface area contributed by atoms with Crippen LogP contribution in [0, 0.1) is 12.7 Å². The van der Waals surface area contributed by atoms with Crippen molar-refractivity contribution in [3.05, 3.63) is 51.6 Å². The van der Waals surface area contributed by atoms with E-state index >= 15 is 0 Å². The van der Waals surface area contributed by atoms with Gasteiger partial charge < -0.3 is 5.73 Å². The fourth-order valence-corrected chi connectivity index (χ4v) is 2.49. The van der Waals surface area contributed by atoms with Gasteiger partial charge in [0.1, 0.15) is 5.82 Å². The molecule has 102 valence electrons. The van der Waals surface area contributed by atoms with Gasteiger partial charge in [0, 0.05) is 28.2 Å². The van der Waals surface area contributed by atoms with Gasteiger partial charge in [0.2, 0.25) is 5.95 Å². The molecule has 0 fully saturated rings. The third kappa shape index (κ3) is 2.24. The number of anilines is 1. The lowest BCUT2D eigenvalue weighted by molar-refractivity contribution is 0.610. The molecule has 3 aromatic rings. The fourth-order valence-electron chi connectivity index (χ4n) is 2.01. The SMILES string of the molecule is Cc1cc2nc(Cc3c(F)cccc3Br)nn2c(N)n1. The van der Waals surface area contributed by atoms with E-state index in [4.69, 9.17) is 5.73 Å². The van der Waals surface area contributed by atoms with E-state index < -0.39 is 0 Å². The molecule has 0 radical (unpaired) electrons. The maximum Gasteiger partial charge on any atom is 0.223 e. The highest BCUT2D eigenvalue weighted by Crippen LogP contribution is 2.22. The lowest BCUT2D eigenvalue weighted by atomic mass is 10.1. The monoisotopic (exact) mass is 335 g/mol. The van der Waals surface area contributed by atoms with Crippen molar-refractivity contribution in [3.8, 4) is 0 Å². The molecule has 0 unspecified atom stereocenters. The maximum atomic E-state index is 13.8. The topological polar surface area (TPSA) is 69.1 Å². The molecule has 1 aromatic carbocycles. The molecule has 3 rings (SSSR count). The van der Waals surface area contributed by atoms with E-state index in [0.29, 0.717) is 21.5 Å². The average Bonchev–Trinajstić information content (AvgIpc) is 2.77. The molecule has 0 saturated carbocycles. The highest BCUT2D eigenvalue weighted by molar-refractivity contribution is 9.10. The summed E-state index contributed by atoms with van der Waals surface area (Å²) >= 11 is 3.34. The Hall–Kier alpha value is -2.02. The molecule has 2 aromatic heterocycles. The minimum absolute atomic E-state index is 0.270. The zero-order valence-corrected chi connectivity index (χ0v) is 12.2. The summed E-state index contributed by atoms with van der Waals surface area (Å²) in [5.74, 6) is 0.474. The number of fused-ring (bicyclic) bond motifs is 1. The second kappa shape index (κ2) is 4.82. The van der Waals surface area contributed by atoms with Gasteiger partial charge in [0.15, 0.2) is 11.5 Å². The van der Waals surface area contributed by atoms with Crippen molar-refractivity contribution >= 4 is 27.5 Å². The molecule has 0 saturated heterocycles. The molecule has 0 spiro atoms. The van der Waals surface area contributed by atoms with Crippen molar-refractivity contribution in [2.45, 2.75) is 13.3 Å². The van der Waals surface area contributed by atoms with E-state index in [1.165, 1.54) is 10.6 Å². The summed E-state index contributed by atoms with van der Waals surface area (Å²) in [6, 6.07) is 6.62. The molecule has 0 aliphatic heterocycles. The van der Waals surface area contributed by atoms with Crippen molar-refractivity contribution in [1.82, 2.24) is 19.6 Å². The number of hydrogen-bond donors (Lipinski definition) is 1. The van der Waals surface area contributed by atoms with E-state index in [2.05, 4.69) is 31.0 Å². The highest BCUT2D eigenvalue weighted by atomic mass is 79.9. The zero-order valence-electron chi connectivity index (χ0n) is 10.6. The van der Waals surface area contributed by atoms with Crippen molar-refractivity contribution < 1.29 is 4.39 Å². The third-order valence-corrected chi connectivity index (χ3v) is 3.66. The van der Waals surface area contributed by atoms with Gasteiger partial charge in [-0.05, 0) is 19.1 Å². The highest BCUT2D eigenvalue weighted by Gasteiger charge is 2.12. The number of aromatic nitrogens is 4. The van der Waals surface area contributed by atoms with Gasteiger partial charge in [-0.1, -0.05) is 22.0 Å². The normalized spacial score (nSPS) is 11.2. The zero-order chi connectivity index (χ0) is 14.3. The smallest absolute Gasteiger partial charge is 0.223 e. The van der Waals surface area contributed by atoms with Crippen LogP contribution in [0.1, 0.15) is 17.1 Å². The van der Waals surface area contributed by atoms with Crippen molar-refractivity contribution in [1.29, 1.82) is 0 Å². The Kier molecular flexibility index (Phi) is 3.13. The first-order valence-electron chi connectivity index (χ1n) is 5.96. The first-order valence-corrected chi connectivity index (χ1v) is 6.75. The van der Waals surface area contributed by atoms with Crippen LogP contribution < -0.4 is 5.73 Å². The van der Waals surface area contributed by atoms with E-state index in [1.54, 1.807) is 18.2 Å². The van der Waals surface area contributed by atoms with Crippen LogP contribution in [0.2, 0.25) is 0 Å². The molecule has 7 heteroatoms. The van der Waals surface area contributed by atoms with Gasteiger partial charge in [-0.25, -0.2) is 14.4 Å². The van der Waals surface area contributed by atoms with Crippen LogP contribution in [-0.2, 0) is 6.42 Å². The molecule has 0 bridgehead atoms. The minimum Gasteiger partial charge on any atom is -0.368 e. The Morgan fingerprint density at radius 1 is 1.35 bits per heavy atom. The van der Waals surface area contributed by atoms with Crippen molar-refractivity contribution in [2.75, 3.05) is 5.73 Å². The Balaban J connectivity index is 2.06. The molecule has 0 aliphatic carbocycles. The Morgan fingerprint density at radius 3 is 2.90 bits per heavy atom. The van der Waals surface area contributed by atoms with E-state index in [0.717, 1.165) is 5.69 Å². The Labute approximate surface area is 122 Å². The van der Waals surface area contributed by atoms with Gasteiger partial charge in [0.05, 0.1) is 0 Å². The molecular formula is C13H11BrFN5. The lowest BCUT2D eigenvalue weighted by Gasteiger charge is -2.02. The van der Waals surface area contributed by atoms with E-state index in [-0.39, 0.29) is 18.2 Å². The molecule has 2 N–H and O–H groups in total. The first kappa shape index (κ1) is 13.0. The van der Waals surface area contributed by atoms with Crippen LogP contribution in [0.5, 0.6) is 0 Å². The standard InChI is InChI=1S/C13H11BrFN5/c1-7-5-12-18-11(19-20(12)13(16)17-7)6-8-9(14)3-2-4-10(8)15/h2-5H,6H2,1H3,(H2,16,17). The number of aryl methyl sites for hydroxylation is 1. The summed E-state index contributed by atoms with van der Waals surface area (Å²) in [4.78, 5) is 8.47. The van der Waals surface area contributed by atoms with Crippen LogP contribution >= 0.6 is 15.9 Å². The quantitative estimate of drug-likeness (QED) is 0.781. The number of nitrogens with zero attached hydrogens (tertiary/aromatic N) is 4. The summed E-state index contributed by atoms with van der Waals surface area (Å²) in [6.45, 7) is 1.83. The van der Waals surface area contributed by atoms with Crippen molar-refractivity contribution in [3.63, 3.8) is 0 Å². The summed E-state index contributed by atoms with van der Waals surface area (Å²) in [6.07, 6.45) is 0.285. The molecule has 0 aliphatic rings. The van der Waals surface area contributed by atoms with Gasteiger partial charge in [-0.3, -0.25) is 0 Å². The first-order chi connectivity index (χ1) is 9.54. The molecule has 0 amide bonds. The molecular weight excluding hydrogens is 325 g/mol. The van der Waals surface area contributed by atoms with Gasteiger partial charge in [-0.15, -0.1) is 5.10 Å². The molecule has 20 heavy (non-hydrogen) atoms. The maximum absolute atomic E-state index is 13.8. The van der Waals surface area contributed by atoms with Gasteiger partial charge >= 0.3 is 0 Å². The molecule has 0 atom stereocenters. The summed E-state index contributed by atoms with van der Waals surface area (Å²) in [5, 5.41) is 4.26. The van der Waals surface area contributed by atoms with Crippen LogP contribution in [0.4, 0.5) is 10.3 Å². The second-order valence-electron chi connectivity index (χ2n) is 4.43. The lowest BCUT2D eigenvalue weighted by Crippen LogP contribution is -2.03. The van der Waals surface area contributed by atoms with E-state index in [9.17, 15) is 4.39 Å². The van der Waals surface area contributed by atoms with Crippen LogP contribution in [0.15, 0.2) is 28.7 Å². The van der Waals surface area contributed by atoms with Crippen LogP contribution in [0.25, 0.3) is 5.65 Å². The van der Waals surface area contributed by atoms with Crippen molar-refractivity contribution in [2.24, 2.45) is 0 Å². The Bertz CT molecular complexity index is 779. The van der Waals surface area contributed by atoms with E-state index in [1.807, 2.05) is 6.92 Å². The fraction of sp³-hybridized carbons (Fsp3) is 0.154. The molecule has 5 nitrogen and oxygen atoms in total. The summed E-state index contributed by atoms with van der Waals surface area (Å²) < 4.78 is 16.0. The number of halogens is 2. The predicted octanol–water partition coefficient (Wildman–Crippen LogP) is 2.51. The number of rotatable bonds is 2. The number of nitrogen functional groups attached to an aromatic ring is 1. The van der Waals surface area contributed by atoms with Gasteiger partial charge in [0.25, 0.3) is 0 Å². The number of nitrogens with two attached hydrogens (primary N) is 1. The second-order valence-corrected chi connectivity index (χ2v) is 5.29. The predicted molar refractivity (Wildman–Crippen MR) is 76.8 cm³/mol. The van der Waals surface area contributed by atoms with Crippen LogP contribution in [-0.4, -0.2) is 19.6 Å². The summed E-state index contributed by atoms with van der Waals surface area (Å²) in [7, 11) is 0. The van der Waals surface area contributed by atoms with Gasteiger partial charge in [-0.2, -0.15) is 4.52 Å². The number of benzene rings is 1. The molecule has 2 heterocycles. The third-order valence-electron chi connectivity index (χ3n) is 2.92. The number of hydrogen-bond acceptors (Lipinski definition) is 4. The van der Waals surface area contributed by atoms with Crippen LogP contribution in [0.3, 0.4) is 0 Å². The summed E-state index contributed by atoms with van der Waals surface area (Å²) in [5.41, 5.74) is 7.68. The average molecular weight is 336 g/mol.